The van der Waals surface area contributed by atoms with Crippen LogP contribution in [0, 0.1) is 33.5 Å². The van der Waals surface area contributed by atoms with Gasteiger partial charge in [0.2, 0.25) is 0 Å². The van der Waals surface area contributed by atoms with Gasteiger partial charge in [0, 0.05) is 0 Å². The smallest absolute Gasteiger partial charge is 0.0861 e. The van der Waals surface area contributed by atoms with Crippen LogP contribution in [-0.2, 0) is 0 Å². The summed E-state index contributed by atoms with van der Waals surface area (Å²) in [5.41, 5.74) is -0.844. The third kappa shape index (κ3) is 2.75. The number of nitrogens with zero attached hydrogens (tertiary/aromatic N) is 1. The van der Waals surface area contributed by atoms with Crippen molar-refractivity contribution >= 4 is 0 Å². The van der Waals surface area contributed by atoms with Gasteiger partial charge in [-0.15, -0.1) is 0 Å². The zero-order valence-corrected chi connectivity index (χ0v) is 13.9. The van der Waals surface area contributed by atoms with E-state index in [0.717, 1.165) is 44.9 Å². The van der Waals surface area contributed by atoms with Gasteiger partial charge in [-0.1, -0.05) is 34.6 Å². The van der Waals surface area contributed by atoms with Crippen molar-refractivity contribution in [2.75, 3.05) is 0 Å². The first kappa shape index (κ1) is 15.8. The fraction of sp³-hybridized carbons (Fsp3) is 0.944. The third-order valence-electron chi connectivity index (χ3n) is 5.92. The summed E-state index contributed by atoms with van der Waals surface area (Å²) in [5, 5.41) is 21.3. The minimum atomic E-state index is -0.792. The molecule has 0 radical (unpaired) electrons. The molecule has 0 aromatic heterocycles. The van der Waals surface area contributed by atoms with Gasteiger partial charge in [0.15, 0.2) is 0 Å². The molecular weight excluding hydrogens is 246 g/mol. The van der Waals surface area contributed by atoms with Crippen molar-refractivity contribution in [1.82, 2.24) is 0 Å². The van der Waals surface area contributed by atoms with Gasteiger partial charge in [0.05, 0.1) is 17.1 Å². The molecule has 0 aliphatic heterocycles. The summed E-state index contributed by atoms with van der Waals surface area (Å²) in [4.78, 5) is 0. The summed E-state index contributed by atoms with van der Waals surface area (Å²) < 4.78 is 0. The Hall–Kier alpha value is -0.550. The lowest BCUT2D eigenvalue weighted by atomic mass is 9.51. The molecular formula is C18H31NO. The Labute approximate surface area is 124 Å². The Morgan fingerprint density at radius 1 is 0.950 bits per heavy atom. The molecule has 2 atom stereocenters. The molecule has 2 nitrogen and oxygen atoms in total. The molecule has 0 aromatic rings. The summed E-state index contributed by atoms with van der Waals surface area (Å²) in [7, 11) is 0. The molecule has 0 saturated heterocycles. The summed E-state index contributed by atoms with van der Waals surface area (Å²) in [5.74, 6) is 0.504. The number of hydrogen-bond acceptors (Lipinski definition) is 2. The van der Waals surface area contributed by atoms with Gasteiger partial charge in [-0.2, -0.15) is 5.26 Å². The standard InChI is InChI=1S/C18H31NO/c1-14-10-16(4,5)12-18(20,11-14)17(13-19)8-6-15(2,3)7-9-17/h14,20H,6-12H2,1-5H3. The Morgan fingerprint density at radius 3 is 1.95 bits per heavy atom. The quantitative estimate of drug-likeness (QED) is 0.756. The molecule has 1 N–H and O–H groups in total. The summed E-state index contributed by atoms with van der Waals surface area (Å²) in [6.45, 7) is 11.3. The minimum absolute atomic E-state index is 0.142. The number of aliphatic hydroxyl groups is 1. The lowest BCUT2D eigenvalue weighted by Crippen LogP contribution is -2.55. The van der Waals surface area contributed by atoms with Crippen LogP contribution in [0.3, 0.4) is 0 Å². The summed E-state index contributed by atoms with van der Waals surface area (Å²) in [6, 6.07) is 2.57. The van der Waals surface area contributed by atoms with Crippen LogP contribution in [0.15, 0.2) is 0 Å². The second-order valence-corrected chi connectivity index (χ2v) is 9.24. The van der Waals surface area contributed by atoms with Crippen LogP contribution in [-0.4, -0.2) is 10.7 Å². The lowest BCUT2D eigenvalue weighted by molar-refractivity contribution is -0.144. The van der Waals surface area contributed by atoms with Crippen molar-refractivity contribution in [2.24, 2.45) is 22.2 Å². The molecule has 0 amide bonds. The average Bonchev–Trinajstić information content (AvgIpc) is 2.25. The summed E-state index contributed by atoms with van der Waals surface area (Å²) in [6.07, 6.45) is 6.55. The molecule has 0 heterocycles. The molecule has 2 fully saturated rings. The molecule has 2 saturated carbocycles. The van der Waals surface area contributed by atoms with Crippen molar-refractivity contribution in [3.63, 3.8) is 0 Å². The monoisotopic (exact) mass is 277 g/mol. The number of rotatable bonds is 1. The topological polar surface area (TPSA) is 44.0 Å². The van der Waals surface area contributed by atoms with E-state index in [0.29, 0.717) is 11.3 Å². The van der Waals surface area contributed by atoms with Crippen LogP contribution in [0.5, 0.6) is 0 Å². The fourth-order valence-electron chi connectivity index (χ4n) is 4.93. The highest BCUT2D eigenvalue weighted by Gasteiger charge is 2.57. The maximum Gasteiger partial charge on any atom is 0.0861 e. The lowest BCUT2D eigenvalue weighted by Gasteiger charge is -2.54. The third-order valence-corrected chi connectivity index (χ3v) is 5.92. The molecule has 2 rings (SSSR count). The zero-order valence-electron chi connectivity index (χ0n) is 13.9. The van der Waals surface area contributed by atoms with Crippen molar-refractivity contribution in [2.45, 2.75) is 85.2 Å². The van der Waals surface area contributed by atoms with E-state index in [1.807, 2.05) is 0 Å². The van der Waals surface area contributed by atoms with Crippen LogP contribution in [0.4, 0.5) is 0 Å². The van der Waals surface area contributed by atoms with E-state index in [-0.39, 0.29) is 5.41 Å². The van der Waals surface area contributed by atoms with Crippen LogP contribution >= 0.6 is 0 Å². The van der Waals surface area contributed by atoms with Crippen LogP contribution in [0.25, 0.3) is 0 Å². The van der Waals surface area contributed by atoms with E-state index in [1.165, 1.54) is 0 Å². The Balaban J connectivity index is 2.29. The number of nitriles is 1. The predicted octanol–water partition coefficient (Wildman–Crippen LogP) is 4.67. The maximum atomic E-state index is 11.4. The van der Waals surface area contributed by atoms with Gasteiger partial charge in [-0.05, 0) is 61.7 Å². The highest BCUT2D eigenvalue weighted by atomic mass is 16.3. The molecule has 2 aliphatic rings. The van der Waals surface area contributed by atoms with Crippen LogP contribution in [0.1, 0.15) is 79.6 Å². The van der Waals surface area contributed by atoms with Crippen LogP contribution < -0.4 is 0 Å². The SMILES string of the molecule is CC1CC(C)(C)CC(O)(C2(C#N)CCC(C)(C)CC2)C1. The van der Waals surface area contributed by atoms with E-state index < -0.39 is 11.0 Å². The first-order chi connectivity index (χ1) is 9.03. The van der Waals surface area contributed by atoms with Gasteiger partial charge in [0.25, 0.3) is 0 Å². The van der Waals surface area contributed by atoms with Crippen molar-refractivity contribution < 1.29 is 5.11 Å². The molecule has 2 unspecified atom stereocenters. The van der Waals surface area contributed by atoms with Gasteiger partial charge >= 0.3 is 0 Å². The number of hydrogen-bond donors (Lipinski definition) is 1. The predicted molar refractivity (Wildman–Crippen MR) is 82.0 cm³/mol. The van der Waals surface area contributed by atoms with Crippen molar-refractivity contribution in [3.05, 3.63) is 0 Å². The van der Waals surface area contributed by atoms with Crippen LogP contribution in [0.2, 0.25) is 0 Å². The second kappa shape index (κ2) is 4.73. The van der Waals surface area contributed by atoms with E-state index in [4.69, 9.17) is 0 Å². The molecule has 0 bridgehead atoms. The molecule has 2 heteroatoms. The molecule has 20 heavy (non-hydrogen) atoms. The van der Waals surface area contributed by atoms with Gasteiger partial charge in [-0.3, -0.25) is 0 Å². The van der Waals surface area contributed by atoms with E-state index in [9.17, 15) is 10.4 Å². The Kier molecular flexibility index (Phi) is 3.75. The normalized spacial score (nSPS) is 39.0. The van der Waals surface area contributed by atoms with Gasteiger partial charge in [0.1, 0.15) is 0 Å². The molecule has 0 aromatic carbocycles. The molecule has 0 spiro atoms. The maximum absolute atomic E-state index is 11.4. The minimum Gasteiger partial charge on any atom is -0.388 e. The van der Waals surface area contributed by atoms with Crippen molar-refractivity contribution in [1.29, 1.82) is 5.26 Å². The van der Waals surface area contributed by atoms with Crippen molar-refractivity contribution in [3.8, 4) is 6.07 Å². The average molecular weight is 277 g/mol. The van der Waals surface area contributed by atoms with Gasteiger partial charge < -0.3 is 5.11 Å². The first-order valence-corrected chi connectivity index (χ1v) is 8.17. The van der Waals surface area contributed by atoms with E-state index >= 15 is 0 Å². The van der Waals surface area contributed by atoms with Gasteiger partial charge in [-0.25, -0.2) is 0 Å². The largest absolute Gasteiger partial charge is 0.388 e. The Morgan fingerprint density at radius 2 is 1.50 bits per heavy atom. The Bertz CT molecular complexity index is 408. The zero-order chi connectivity index (χ0) is 15.2. The molecule has 114 valence electrons. The first-order valence-electron chi connectivity index (χ1n) is 8.17. The highest BCUT2D eigenvalue weighted by molar-refractivity contribution is 5.16. The van der Waals surface area contributed by atoms with E-state index in [1.54, 1.807) is 0 Å². The summed E-state index contributed by atoms with van der Waals surface area (Å²) >= 11 is 0. The molecule has 2 aliphatic carbocycles. The van der Waals surface area contributed by atoms with E-state index in [2.05, 4.69) is 40.7 Å². The highest BCUT2D eigenvalue weighted by Crippen LogP contribution is 2.58. The fourth-order valence-corrected chi connectivity index (χ4v) is 4.93. The second-order valence-electron chi connectivity index (χ2n) is 9.24.